The minimum atomic E-state index is -2.99. The summed E-state index contributed by atoms with van der Waals surface area (Å²) in [5.41, 5.74) is 2.18. The Labute approximate surface area is 155 Å². The highest BCUT2D eigenvalue weighted by atomic mass is 32.2. The number of benzene rings is 1. The maximum atomic E-state index is 12.6. The molecule has 144 valence electrons. The number of hydrogen-bond acceptors (Lipinski definition) is 4. The summed E-state index contributed by atoms with van der Waals surface area (Å²) in [6.07, 6.45) is 3.65. The first kappa shape index (κ1) is 20.2. The fourth-order valence-corrected chi connectivity index (χ4v) is 3.72. The van der Waals surface area contributed by atoms with Crippen LogP contribution in [0.15, 0.2) is 29.3 Å². The molecule has 2 N–H and O–H groups in total. The predicted molar refractivity (Wildman–Crippen MR) is 105 cm³/mol. The summed E-state index contributed by atoms with van der Waals surface area (Å²) in [7, 11) is -1.37. The van der Waals surface area contributed by atoms with Gasteiger partial charge in [-0.05, 0) is 37.8 Å². The summed E-state index contributed by atoms with van der Waals surface area (Å²) in [6, 6.07) is 7.91. The fraction of sp³-hybridized carbons (Fsp3) is 0.556. The fourth-order valence-electron chi connectivity index (χ4n) is 2.94. The van der Waals surface area contributed by atoms with E-state index in [0.717, 1.165) is 18.5 Å². The third kappa shape index (κ3) is 6.01. The van der Waals surface area contributed by atoms with Gasteiger partial charge in [0.25, 0.3) is 0 Å². The number of fused-ring (bicyclic) bond motifs is 1. The van der Waals surface area contributed by atoms with E-state index in [-0.39, 0.29) is 24.2 Å². The van der Waals surface area contributed by atoms with Crippen LogP contribution in [-0.2, 0) is 21.1 Å². The highest BCUT2D eigenvalue weighted by Gasteiger charge is 2.22. The van der Waals surface area contributed by atoms with Gasteiger partial charge in [-0.15, -0.1) is 0 Å². The molecule has 1 aromatic carbocycles. The zero-order valence-electron chi connectivity index (χ0n) is 15.7. The summed E-state index contributed by atoms with van der Waals surface area (Å²) in [5.74, 6) is 0.593. The maximum absolute atomic E-state index is 12.6. The molecule has 1 unspecified atom stereocenters. The van der Waals surface area contributed by atoms with Crippen LogP contribution >= 0.6 is 0 Å². The summed E-state index contributed by atoms with van der Waals surface area (Å²) in [5, 5.41) is 6.14. The Morgan fingerprint density at radius 1 is 1.35 bits per heavy atom. The van der Waals surface area contributed by atoms with Crippen LogP contribution in [0.2, 0.25) is 0 Å². The highest BCUT2D eigenvalue weighted by molar-refractivity contribution is 7.90. The Bertz CT molecular complexity index is 761. The smallest absolute Gasteiger partial charge is 0.246 e. The van der Waals surface area contributed by atoms with Gasteiger partial charge in [-0.2, -0.15) is 0 Å². The lowest BCUT2D eigenvalue weighted by Crippen LogP contribution is -2.48. The number of para-hydroxylation sites is 1. The summed E-state index contributed by atoms with van der Waals surface area (Å²) < 4.78 is 22.5. The standard InChI is InChI=1S/C18H28N4O3S/c1-14(10-12-26(3,24)25)21-18(19-2)20-13-17(23)22-11-6-8-15-7-4-5-9-16(15)22/h4-5,7,9,14H,6,8,10-13H2,1-3H3,(H2,19,20,21). The molecule has 0 saturated heterocycles. The molecule has 0 aliphatic carbocycles. The second-order valence-electron chi connectivity index (χ2n) is 6.67. The molecule has 1 aliphatic rings. The number of aliphatic imine (C=N–C) groups is 1. The third-order valence-electron chi connectivity index (χ3n) is 4.35. The normalized spacial score (nSPS) is 16.0. The number of nitrogens with one attached hydrogen (secondary N) is 2. The topological polar surface area (TPSA) is 90.9 Å². The number of sulfone groups is 1. The Morgan fingerprint density at radius 2 is 2.08 bits per heavy atom. The van der Waals surface area contributed by atoms with Gasteiger partial charge in [0.05, 0.1) is 12.3 Å². The lowest BCUT2D eigenvalue weighted by Gasteiger charge is -2.29. The summed E-state index contributed by atoms with van der Waals surface area (Å²) in [6.45, 7) is 2.74. The molecule has 2 rings (SSSR count). The highest BCUT2D eigenvalue weighted by Crippen LogP contribution is 2.26. The number of carbonyl (C=O) groups excluding carboxylic acids is 1. The number of amides is 1. The van der Waals surface area contributed by atoms with Crippen molar-refractivity contribution in [3.8, 4) is 0 Å². The second kappa shape index (κ2) is 9.02. The van der Waals surface area contributed by atoms with Crippen LogP contribution in [0.1, 0.15) is 25.3 Å². The van der Waals surface area contributed by atoms with Gasteiger partial charge in [-0.1, -0.05) is 18.2 Å². The van der Waals surface area contributed by atoms with Gasteiger partial charge in [-0.3, -0.25) is 9.79 Å². The van der Waals surface area contributed by atoms with E-state index in [4.69, 9.17) is 0 Å². The Balaban J connectivity index is 1.88. The predicted octanol–water partition coefficient (Wildman–Crippen LogP) is 0.954. The van der Waals surface area contributed by atoms with Crippen molar-refractivity contribution in [3.63, 3.8) is 0 Å². The number of guanidine groups is 1. The first-order chi connectivity index (χ1) is 12.3. The zero-order chi connectivity index (χ0) is 19.2. The van der Waals surface area contributed by atoms with Crippen molar-refractivity contribution < 1.29 is 13.2 Å². The van der Waals surface area contributed by atoms with Crippen LogP contribution in [0.4, 0.5) is 5.69 Å². The molecule has 0 bridgehead atoms. The van der Waals surface area contributed by atoms with Gasteiger partial charge in [0.2, 0.25) is 5.91 Å². The van der Waals surface area contributed by atoms with Crippen molar-refractivity contribution in [1.82, 2.24) is 10.6 Å². The lowest BCUT2D eigenvalue weighted by molar-refractivity contribution is -0.117. The van der Waals surface area contributed by atoms with E-state index >= 15 is 0 Å². The van der Waals surface area contributed by atoms with Crippen molar-refractivity contribution in [3.05, 3.63) is 29.8 Å². The van der Waals surface area contributed by atoms with Crippen LogP contribution in [0.25, 0.3) is 0 Å². The van der Waals surface area contributed by atoms with E-state index < -0.39 is 9.84 Å². The summed E-state index contributed by atoms with van der Waals surface area (Å²) in [4.78, 5) is 18.5. The molecule has 1 aliphatic heterocycles. The molecule has 0 fully saturated rings. The van der Waals surface area contributed by atoms with Gasteiger partial charge < -0.3 is 15.5 Å². The zero-order valence-corrected chi connectivity index (χ0v) is 16.5. The van der Waals surface area contributed by atoms with Crippen molar-refractivity contribution in [1.29, 1.82) is 0 Å². The first-order valence-corrected chi connectivity index (χ1v) is 10.9. The number of nitrogens with zero attached hydrogens (tertiary/aromatic N) is 2. The van der Waals surface area contributed by atoms with Crippen molar-refractivity contribution in [2.75, 3.05) is 37.0 Å². The van der Waals surface area contributed by atoms with E-state index in [9.17, 15) is 13.2 Å². The average molecular weight is 381 g/mol. The monoisotopic (exact) mass is 380 g/mol. The van der Waals surface area contributed by atoms with E-state index in [1.165, 1.54) is 11.8 Å². The third-order valence-corrected chi connectivity index (χ3v) is 5.32. The number of carbonyl (C=O) groups is 1. The Hall–Kier alpha value is -2.09. The molecule has 1 aromatic rings. The van der Waals surface area contributed by atoms with Crippen LogP contribution in [0.3, 0.4) is 0 Å². The van der Waals surface area contributed by atoms with Crippen molar-refractivity contribution in [2.24, 2.45) is 4.99 Å². The van der Waals surface area contributed by atoms with E-state index in [1.807, 2.05) is 30.0 Å². The van der Waals surface area contributed by atoms with Crippen molar-refractivity contribution >= 4 is 27.4 Å². The number of aryl methyl sites for hydroxylation is 1. The average Bonchev–Trinajstić information content (AvgIpc) is 2.62. The van der Waals surface area contributed by atoms with Gasteiger partial charge in [0, 0.05) is 31.6 Å². The van der Waals surface area contributed by atoms with Crippen LogP contribution in [0, 0.1) is 0 Å². The van der Waals surface area contributed by atoms with Crippen LogP contribution < -0.4 is 15.5 Å². The molecule has 0 saturated carbocycles. The molecule has 1 amide bonds. The largest absolute Gasteiger partial charge is 0.354 e. The molecular formula is C18H28N4O3S. The molecule has 0 spiro atoms. The van der Waals surface area contributed by atoms with Crippen molar-refractivity contribution in [2.45, 2.75) is 32.2 Å². The molecular weight excluding hydrogens is 352 g/mol. The van der Waals surface area contributed by atoms with Crippen LogP contribution in [0.5, 0.6) is 0 Å². The molecule has 0 radical (unpaired) electrons. The second-order valence-corrected chi connectivity index (χ2v) is 8.93. The number of hydrogen-bond donors (Lipinski definition) is 2. The van der Waals surface area contributed by atoms with E-state index in [0.29, 0.717) is 18.9 Å². The van der Waals surface area contributed by atoms with Gasteiger partial charge in [0.1, 0.15) is 9.84 Å². The first-order valence-electron chi connectivity index (χ1n) is 8.83. The van der Waals surface area contributed by atoms with Gasteiger partial charge in [0.15, 0.2) is 5.96 Å². The number of rotatable bonds is 6. The molecule has 1 atom stereocenters. The molecule has 8 heteroatoms. The Kier molecular flexibility index (Phi) is 7.02. The van der Waals surface area contributed by atoms with E-state index in [1.54, 1.807) is 7.05 Å². The minimum absolute atomic E-state index is 0.0103. The Morgan fingerprint density at radius 3 is 2.77 bits per heavy atom. The number of anilines is 1. The molecule has 0 aromatic heterocycles. The lowest BCUT2D eigenvalue weighted by atomic mass is 10.0. The van der Waals surface area contributed by atoms with Crippen LogP contribution in [-0.4, -0.2) is 58.5 Å². The molecule has 1 heterocycles. The minimum Gasteiger partial charge on any atom is -0.354 e. The van der Waals surface area contributed by atoms with Gasteiger partial charge in [-0.25, -0.2) is 8.42 Å². The molecule has 7 nitrogen and oxygen atoms in total. The quantitative estimate of drug-likeness (QED) is 0.566. The van der Waals surface area contributed by atoms with Gasteiger partial charge >= 0.3 is 0 Å². The van der Waals surface area contributed by atoms with E-state index in [2.05, 4.69) is 21.7 Å². The SMILES string of the molecule is CN=C(NCC(=O)N1CCCc2ccccc21)NC(C)CCS(C)(=O)=O. The summed E-state index contributed by atoms with van der Waals surface area (Å²) >= 11 is 0. The molecule has 26 heavy (non-hydrogen) atoms. The maximum Gasteiger partial charge on any atom is 0.246 e.